The fourth-order valence-corrected chi connectivity index (χ4v) is 3.77. The molecule has 4 rings (SSSR count). The van der Waals surface area contributed by atoms with Gasteiger partial charge in [-0.05, 0) is 18.6 Å². The minimum Gasteiger partial charge on any atom is -0.360 e. The molecule has 1 fully saturated rings. The molecule has 2 aromatic heterocycles. The molecule has 0 atom stereocenters. The van der Waals surface area contributed by atoms with E-state index in [0.29, 0.717) is 37.4 Å². The molecule has 1 aliphatic rings. The molecule has 0 aliphatic carbocycles. The van der Waals surface area contributed by atoms with E-state index in [9.17, 15) is 9.59 Å². The minimum absolute atomic E-state index is 0.0718. The van der Waals surface area contributed by atoms with Crippen LogP contribution in [-0.2, 0) is 9.59 Å². The van der Waals surface area contributed by atoms with Gasteiger partial charge in [-0.3, -0.25) is 14.5 Å². The van der Waals surface area contributed by atoms with Crippen molar-refractivity contribution in [1.82, 2.24) is 19.5 Å². The maximum atomic E-state index is 11.6. The van der Waals surface area contributed by atoms with Crippen molar-refractivity contribution >= 4 is 44.8 Å². The van der Waals surface area contributed by atoms with Crippen LogP contribution in [0, 0.1) is 0 Å². The van der Waals surface area contributed by atoms with Crippen LogP contribution in [0.1, 0.15) is 19.3 Å². The van der Waals surface area contributed by atoms with E-state index in [2.05, 4.69) is 15.4 Å². The molecule has 0 bridgehead atoms. The molecule has 1 N–H and O–H groups in total. The number of hydrogen-bond donors (Lipinski definition) is 1. The van der Waals surface area contributed by atoms with Gasteiger partial charge >= 0.3 is 0 Å². The number of carbonyl (C=O) groups excluding carboxylic acids is 2. The molecule has 1 aromatic carbocycles. The van der Waals surface area contributed by atoms with Crippen LogP contribution in [0.5, 0.6) is 0 Å². The van der Waals surface area contributed by atoms with Crippen LogP contribution in [-0.4, -0.2) is 44.4 Å². The first kappa shape index (κ1) is 17.0. The summed E-state index contributed by atoms with van der Waals surface area (Å²) in [6.07, 6.45) is 3.25. The maximum absolute atomic E-state index is 11.6. The van der Waals surface area contributed by atoms with E-state index in [1.54, 1.807) is 4.52 Å². The molecule has 0 radical (unpaired) electrons. The van der Waals surface area contributed by atoms with Crippen molar-refractivity contribution in [2.24, 2.45) is 0 Å². The van der Waals surface area contributed by atoms with Gasteiger partial charge in [-0.2, -0.15) is 0 Å². The summed E-state index contributed by atoms with van der Waals surface area (Å²) in [5.74, 6) is -0.144. The molecule has 0 saturated carbocycles. The van der Waals surface area contributed by atoms with Crippen molar-refractivity contribution in [1.29, 1.82) is 0 Å². The Morgan fingerprint density at radius 3 is 2.58 bits per heavy atom. The smallest absolute Gasteiger partial charge is 0.229 e. The Hall–Kier alpha value is -2.45. The van der Waals surface area contributed by atoms with Crippen LogP contribution in [0.15, 0.2) is 30.5 Å². The number of anilines is 1. The first-order valence-corrected chi connectivity index (χ1v) is 9.49. The van der Waals surface area contributed by atoms with Gasteiger partial charge in [-0.1, -0.05) is 35.1 Å². The van der Waals surface area contributed by atoms with Crippen LogP contribution < -0.4 is 5.32 Å². The highest BCUT2D eigenvalue weighted by Crippen LogP contribution is 2.25. The average Bonchev–Trinajstić information content (AvgIpc) is 3.27. The summed E-state index contributed by atoms with van der Waals surface area (Å²) >= 11 is 7.37. The first-order chi connectivity index (χ1) is 12.6. The van der Waals surface area contributed by atoms with Crippen LogP contribution in [0.4, 0.5) is 5.13 Å². The number of rotatable bonds is 6. The standard InChI is InChI=1S/C17H16ClN5O2S/c18-12-4-2-11(3-5-12)13-10-23-17(20-13)26-16(21-23)19-8-1-9-22-14(24)6-7-15(22)25/h2-5,10H,1,6-9H2,(H,19,21). The Labute approximate surface area is 158 Å². The quantitative estimate of drug-likeness (QED) is 0.517. The average molecular weight is 390 g/mol. The number of carbonyl (C=O) groups is 2. The highest BCUT2D eigenvalue weighted by atomic mass is 35.5. The number of imidazole rings is 1. The number of likely N-dealkylation sites (tertiary alicyclic amines) is 1. The lowest BCUT2D eigenvalue weighted by Crippen LogP contribution is -2.31. The van der Waals surface area contributed by atoms with Gasteiger partial charge in [-0.25, -0.2) is 9.50 Å². The highest BCUT2D eigenvalue weighted by Gasteiger charge is 2.27. The van der Waals surface area contributed by atoms with Gasteiger partial charge in [0.25, 0.3) is 0 Å². The zero-order valence-corrected chi connectivity index (χ0v) is 15.4. The van der Waals surface area contributed by atoms with E-state index in [4.69, 9.17) is 11.6 Å². The first-order valence-electron chi connectivity index (χ1n) is 8.29. The fourth-order valence-electron chi connectivity index (χ4n) is 2.84. The largest absolute Gasteiger partial charge is 0.360 e. The Morgan fingerprint density at radius 2 is 1.88 bits per heavy atom. The van der Waals surface area contributed by atoms with Gasteiger partial charge in [0.05, 0.1) is 11.9 Å². The van der Waals surface area contributed by atoms with Crippen molar-refractivity contribution in [3.8, 4) is 11.3 Å². The number of fused-ring (bicyclic) bond motifs is 1. The Kier molecular flexibility index (Phi) is 4.60. The second kappa shape index (κ2) is 7.05. The molecule has 7 nitrogen and oxygen atoms in total. The molecule has 0 spiro atoms. The number of nitrogens with zero attached hydrogens (tertiary/aromatic N) is 4. The summed E-state index contributed by atoms with van der Waals surface area (Å²) in [7, 11) is 0. The highest BCUT2D eigenvalue weighted by molar-refractivity contribution is 7.20. The lowest BCUT2D eigenvalue weighted by Gasteiger charge is -2.13. The van der Waals surface area contributed by atoms with Crippen molar-refractivity contribution in [3.05, 3.63) is 35.5 Å². The van der Waals surface area contributed by atoms with Crippen LogP contribution in [0.25, 0.3) is 16.2 Å². The van der Waals surface area contributed by atoms with Gasteiger partial charge in [0.2, 0.25) is 21.9 Å². The second-order valence-corrected chi connectivity index (χ2v) is 7.38. The molecular formula is C17H16ClN5O2S. The molecule has 1 saturated heterocycles. The lowest BCUT2D eigenvalue weighted by molar-refractivity contribution is -0.138. The fraction of sp³-hybridized carbons (Fsp3) is 0.294. The third-order valence-electron chi connectivity index (χ3n) is 4.17. The second-order valence-electron chi connectivity index (χ2n) is 5.99. The van der Waals surface area contributed by atoms with Crippen molar-refractivity contribution in [2.75, 3.05) is 18.4 Å². The van der Waals surface area contributed by atoms with Gasteiger partial charge in [-0.15, -0.1) is 5.10 Å². The number of aromatic nitrogens is 3. The monoisotopic (exact) mass is 389 g/mol. The molecule has 2 amide bonds. The van der Waals surface area contributed by atoms with E-state index in [1.807, 2.05) is 30.5 Å². The van der Waals surface area contributed by atoms with E-state index in [1.165, 1.54) is 16.2 Å². The summed E-state index contributed by atoms with van der Waals surface area (Å²) in [6.45, 7) is 1.09. The number of halogens is 1. The summed E-state index contributed by atoms with van der Waals surface area (Å²) in [5, 5.41) is 9.13. The molecule has 1 aliphatic heterocycles. The van der Waals surface area contributed by atoms with E-state index < -0.39 is 0 Å². The molecular weight excluding hydrogens is 374 g/mol. The Balaban J connectivity index is 1.35. The number of hydrogen-bond acceptors (Lipinski definition) is 6. The number of imide groups is 1. The third-order valence-corrected chi connectivity index (χ3v) is 5.30. The van der Waals surface area contributed by atoms with Gasteiger partial charge in [0.15, 0.2) is 0 Å². The summed E-state index contributed by atoms with van der Waals surface area (Å²) in [5.41, 5.74) is 1.83. The zero-order valence-electron chi connectivity index (χ0n) is 13.8. The summed E-state index contributed by atoms with van der Waals surface area (Å²) in [4.78, 5) is 29.8. The molecule has 3 heterocycles. The minimum atomic E-state index is -0.0718. The number of benzene rings is 1. The number of nitrogens with one attached hydrogen (secondary N) is 1. The molecule has 26 heavy (non-hydrogen) atoms. The zero-order chi connectivity index (χ0) is 18.1. The SMILES string of the molecule is O=C1CCC(=O)N1CCCNc1nn2cc(-c3ccc(Cl)cc3)nc2s1. The maximum Gasteiger partial charge on any atom is 0.229 e. The number of amides is 2. The van der Waals surface area contributed by atoms with Crippen LogP contribution >= 0.6 is 22.9 Å². The normalized spacial score (nSPS) is 14.6. The van der Waals surface area contributed by atoms with Crippen LogP contribution in [0.3, 0.4) is 0 Å². The predicted molar refractivity (Wildman–Crippen MR) is 100 cm³/mol. The predicted octanol–water partition coefficient (Wildman–Crippen LogP) is 3.06. The van der Waals surface area contributed by atoms with Crippen molar-refractivity contribution in [3.63, 3.8) is 0 Å². The van der Waals surface area contributed by atoms with Gasteiger partial charge in [0.1, 0.15) is 0 Å². The molecule has 3 aromatic rings. The summed E-state index contributed by atoms with van der Waals surface area (Å²) < 4.78 is 1.74. The van der Waals surface area contributed by atoms with E-state index >= 15 is 0 Å². The van der Waals surface area contributed by atoms with Crippen molar-refractivity contribution < 1.29 is 9.59 Å². The third kappa shape index (κ3) is 3.42. The van der Waals surface area contributed by atoms with E-state index in [0.717, 1.165) is 21.3 Å². The van der Waals surface area contributed by atoms with Crippen LogP contribution in [0.2, 0.25) is 5.02 Å². The van der Waals surface area contributed by atoms with Gasteiger partial charge in [0, 0.05) is 36.5 Å². The van der Waals surface area contributed by atoms with Crippen molar-refractivity contribution in [2.45, 2.75) is 19.3 Å². The Bertz CT molecular complexity index is 918. The summed E-state index contributed by atoms with van der Waals surface area (Å²) in [6, 6.07) is 7.52. The topological polar surface area (TPSA) is 79.6 Å². The molecule has 0 unspecified atom stereocenters. The molecule has 9 heteroatoms. The van der Waals surface area contributed by atoms with Gasteiger partial charge < -0.3 is 5.32 Å². The lowest BCUT2D eigenvalue weighted by atomic mass is 10.2. The molecule has 134 valence electrons. The van der Waals surface area contributed by atoms with E-state index in [-0.39, 0.29) is 11.8 Å². The Morgan fingerprint density at radius 1 is 1.15 bits per heavy atom.